The SMILES string of the molecule is CCC1(CC)CC(=O)N(CC(C)(O)CSC)C1=O. The van der Waals surface area contributed by atoms with Gasteiger partial charge in [0.05, 0.1) is 17.6 Å². The number of hydrogen-bond donors (Lipinski definition) is 1. The summed E-state index contributed by atoms with van der Waals surface area (Å²) < 4.78 is 0. The fraction of sp³-hybridized carbons (Fsp3) is 0.846. The minimum atomic E-state index is -1.01. The molecular formula is C13H23NO3S. The van der Waals surface area contributed by atoms with Crippen LogP contribution in [0.25, 0.3) is 0 Å². The first-order valence-electron chi connectivity index (χ1n) is 6.38. The van der Waals surface area contributed by atoms with Crippen molar-refractivity contribution < 1.29 is 14.7 Å². The molecule has 0 spiro atoms. The monoisotopic (exact) mass is 273 g/mol. The van der Waals surface area contributed by atoms with Gasteiger partial charge in [0.15, 0.2) is 0 Å². The summed E-state index contributed by atoms with van der Waals surface area (Å²) in [6, 6.07) is 0. The quantitative estimate of drug-likeness (QED) is 0.748. The van der Waals surface area contributed by atoms with Crippen LogP contribution in [0.1, 0.15) is 40.0 Å². The number of imide groups is 1. The van der Waals surface area contributed by atoms with Crippen LogP contribution in [0.15, 0.2) is 0 Å². The number of thioether (sulfide) groups is 1. The highest BCUT2D eigenvalue weighted by Gasteiger charge is 2.50. The fourth-order valence-electron chi connectivity index (χ4n) is 2.52. The van der Waals surface area contributed by atoms with Gasteiger partial charge < -0.3 is 5.11 Å². The average Bonchev–Trinajstić information content (AvgIpc) is 2.53. The molecule has 1 N–H and O–H groups in total. The van der Waals surface area contributed by atoms with Gasteiger partial charge in [-0.05, 0) is 26.0 Å². The Morgan fingerprint density at radius 1 is 1.39 bits per heavy atom. The molecule has 0 aromatic carbocycles. The molecule has 4 nitrogen and oxygen atoms in total. The fourth-order valence-corrected chi connectivity index (χ4v) is 3.23. The minimum Gasteiger partial charge on any atom is -0.387 e. The molecule has 0 radical (unpaired) electrons. The van der Waals surface area contributed by atoms with E-state index in [0.717, 1.165) is 0 Å². The molecule has 0 saturated carbocycles. The smallest absolute Gasteiger partial charge is 0.235 e. The van der Waals surface area contributed by atoms with Gasteiger partial charge >= 0.3 is 0 Å². The number of rotatable bonds is 6. The number of carbonyl (C=O) groups excluding carboxylic acids is 2. The number of likely N-dealkylation sites (tertiary alicyclic amines) is 1. The van der Waals surface area contributed by atoms with Crippen LogP contribution in [0.3, 0.4) is 0 Å². The Hall–Kier alpha value is -0.550. The first kappa shape index (κ1) is 15.5. The maximum atomic E-state index is 12.4. The second kappa shape index (κ2) is 5.61. The topological polar surface area (TPSA) is 57.6 Å². The lowest BCUT2D eigenvalue weighted by molar-refractivity contribution is -0.144. The number of nitrogens with zero attached hydrogens (tertiary/aromatic N) is 1. The third-order valence-corrected chi connectivity index (χ3v) is 4.71. The van der Waals surface area contributed by atoms with Crippen LogP contribution in [0.2, 0.25) is 0 Å². The van der Waals surface area contributed by atoms with Crippen LogP contribution in [0.5, 0.6) is 0 Å². The van der Waals surface area contributed by atoms with Gasteiger partial charge in [-0.3, -0.25) is 14.5 Å². The van der Waals surface area contributed by atoms with Crippen LogP contribution in [0, 0.1) is 5.41 Å². The van der Waals surface area contributed by atoms with Crippen LogP contribution < -0.4 is 0 Å². The molecule has 0 bridgehead atoms. The molecule has 1 heterocycles. The third kappa shape index (κ3) is 2.88. The van der Waals surface area contributed by atoms with E-state index in [9.17, 15) is 14.7 Å². The van der Waals surface area contributed by atoms with E-state index in [1.165, 1.54) is 16.7 Å². The highest BCUT2D eigenvalue weighted by Crippen LogP contribution is 2.39. The van der Waals surface area contributed by atoms with Crippen molar-refractivity contribution in [1.29, 1.82) is 0 Å². The molecule has 18 heavy (non-hydrogen) atoms. The van der Waals surface area contributed by atoms with Crippen LogP contribution in [-0.2, 0) is 9.59 Å². The second-order valence-corrected chi connectivity index (χ2v) is 6.25. The van der Waals surface area contributed by atoms with Gasteiger partial charge in [-0.2, -0.15) is 11.8 Å². The van der Waals surface area contributed by atoms with E-state index >= 15 is 0 Å². The summed E-state index contributed by atoms with van der Waals surface area (Å²) in [6.07, 6.45) is 3.53. The molecule has 1 unspecified atom stereocenters. The van der Waals surface area contributed by atoms with Crippen LogP contribution in [0.4, 0.5) is 0 Å². The van der Waals surface area contributed by atoms with Crippen molar-refractivity contribution in [3.8, 4) is 0 Å². The molecule has 1 rings (SSSR count). The van der Waals surface area contributed by atoms with Gasteiger partial charge in [-0.25, -0.2) is 0 Å². The normalized spacial score (nSPS) is 22.4. The Bertz CT molecular complexity index is 337. The lowest BCUT2D eigenvalue weighted by atomic mass is 9.81. The van der Waals surface area contributed by atoms with Crippen molar-refractivity contribution in [2.75, 3.05) is 18.6 Å². The van der Waals surface area contributed by atoms with Crippen molar-refractivity contribution >= 4 is 23.6 Å². The van der Waals surface area contributed by atoms with Crippen LogP contribution >= 0.6 is 11.8 Å². The van der Waals surface area contributed by atoms with Gasteiger partial charge in [0.1, 0.15) is 0 Å². The Balaban J connectivity index is 2.86. The molecule has 104 valence electrons. The van der Waals surface area contributed by atoms with E-state index in [0.29, 0.717) is 18.6 Å². The summed E-state index contributed by atoms with van der Waals surface area (Å²) in [5, 5.41) is 10.2. The lowest BCUT2D eigenvalue weighted by Crippen LogP contribution is -2.46. The Morgan fingerprint density at radius 3 is 2.33 bits per heavy atom. The van der Waals surface area contributed by atoms with Gasteiger partial charge in [0.2, 0.25) is 11.8 Å². The predicted octanol–water partition coefficient (Wildman–Crippen LogP) is 1.67. The van der Waals surface area contributed by atoms with E-state index in [2.05, 4.69) is 0 Å². The van der Waals surface area contributed by atoms with E-state index in [4.69, 9.17) is 0 Å². The summed E-state index contributed by atoms with van der Waals surface area (Å²) in [7, 11) is 0. The largest absolute Gasteiger partial charge is 0.387 e. The van der Waals surface area contributed by atoms with Crippen molar-refractivity contribution in [1.82, 2.24) is 4.90 Å². The standard InChI is InChI=1S/C13H23NO3S/c1-5-13(6-2)7-10(15)14(11(13)16)8-12(3,17)9-18-4/h17H,5-9H2,1-4H3. The molecule has 1 atom stereocenters. The summed E-state index contributed by atoms with van der Waals surface area (Å²) in [6.45, 7) is 5.66. The highest BCUT2D eigenvalue weighted by atomic mass is 32.2. The Morgan fingerprint density at radius 2 is 1.94 bits per heavy atom. The molecule has 0 aliphatic carbocycles. The molecule has 5 heteroatoms. The molecule has 2 amide bonds. The molecule has 1 aliphatic rings. The number of carbonyl (C=O) groups is 2. The van der Waals surface area contributed by atoms with Crippen molar-refractivity contribution in [3.05, 3.63) is 0 Å². The number of hydrogen-bond acceptors (Lipinski definition) is 4. The second-order valence-electron chi connectivity index (χ2n) is 5.38. The van der Waals surface area contributed by atoms with Crippen LogP contribution in [-0.4, -0.2) is 46.0 Å². The van der Waals surface area contributed by atoms with E-state index < -0.39 is 11.0 Å². The summed E-state index contributed by atoms with van der Waals surface area (Å²) >= 11 is 1.51. The van der Waals surface area contributed by atoms with Crippen molar-refractivity contribution in [3.63, 3.8) is 0 Å². The Labute approximate surface area is 113 Å². The first-order chi connectivity index (χ1) is 8.32. The molecule has 1 saturated heterocycles. The zero-order chi connectivity index (χ0) is 14.0. The summed E-state index contributed by atoms with van der Waals surface area (Å²) in [4.78, 5) is 25.6. The molecule has 0 aromatic heterocycles. The molecule has 1 aliphatic heterocycles. The van der Waals surface area contributed by atoms with E-state index in [1.54, 1.807) is 6.92 Å². The maximum Gasteiger partial charge on any atom is 0.235 e. The number of amides is 2. The van der Waals surface area contributed by atoms with Crippen molar-refractivity contribution in [2.45, 2.75) is 45.6 Å². The minimum absolute atomic E-state index is 0.104. The zero-order valence-electron chi connectivity index (χ0n) is 11.7. The summed E-state index contributed by atoms with van der Waals surface area (Å²) in [5.74, 6) is 0.249. The molecule has 1 fully saturated rings. The van der Waals surface area contributed by atoms with E-state index in [-0.39, 0.29) is 24.8 Å². The Kier molecular flexibility index (Phi) is 4.84. The van der Waals surface area contributed by atoms with Gasteiger partial charge in [0, 0.05) is 12.2 Å². The maximum absolute atomic E-state index is 12.4. The van der Waals surface area contributed by atoms with Gasteiger partial charge in [0.25, 0.3) is 0 Å². The number of aliphatic hydroxyl groups is 1. The lowest BCUT2D eigenvalue weighted by Gasteiger charge is -2.29. The zero-order valence-corrected chi connectivity index (χ0v) is 12.5. The average molecular weight is 273 g/mol. The summed E-state index contributed by atoms with van der Waals surface area (Å²) in [5.41, 5.74) is -1.55. The number of β-amino-alcohol motifs (C(OH)–C–C–N with tert-alkyl or cyclic N) is 1. The molecular weight excluding hydrogens is 250 g/mol. The van der Waals surface area contributed by atoms with E-state index in [1.807, 2.05) is 20.1 Å². The molecule has 0 aromatic rings. The highest BCUT2D eigenvalue weighted by molar-refractivity contribution is 7.98. The van der Waals surface area contributed by atoms with Crippen molar-refractivity contribution in [2.24, 2.45) is 5.41 Å². The predicted molar refractivity (Wildman–Crippen MR) is 73.4 cm³/mol. The first-order valence-corrected chi connectivity index (χ1v) is 7.77. The third-order valence-electron chi connectivity index (χ3n) is 3.80. The van der Waals surface area contributed by atoms with Gasteiger partial charge in [-0.1, -0.05) is 13.8 Å². The van der Waals surface area contributed by atoms with Gasteiger partial charge in [-0.15, -0.1) is 0 Å².